The molecule has 3 aromatic rings. The monoisotopic (exact) mass is 411 g/mol. The van der Waals surface area contributed by atoms with E-state index in [1.165, 1.54) is 12.1 Å². The van der Waals surface area contributed by atoms with Crippen LogP contribution in [0.2, 0.25) is 0 Å². The van der Waals surface area contributed by atoms with Crippen molar-refractivity contribution in [3.8, 4) is 0 Å². The fraction of sp³-hybridized carbons (Fsp3) is 0.176. The van der Waals surface area contributed by atoms with Crippen LogP contribution in [0.5, 0.6) is 0 Å². The first-order chi connectivity index (χ1) is 11.8. The summed E-state index contributed by atoms with van der Waals surface area (Å²) >= 11 is 3.34. The van der Waals surface area contributed by atoms with Crippen LogP contribution in [0.15, 0.2) is 47.1 Å². The third-order valence-electron chi connectivity index (χ3n) is 3.65. The van der Waals surface area contributed by atoms with E-state index in [1.54, 1.807) is 22.7 Å². The highest BCUT2D eigenvalue weighted by atomic mass is 79.9. The Labute approximate surface area is 149 Å². The predicted molar refractivity (Wildman–Crippen MR) is 91.7 cm³/mol. The molecule has 25 heavy (non-hydrogen) atoms. The van der Waals surface area contributed by atoms with Gasteiger partial charge in [0.15, 0.2) is 0 Å². The number of carbonyl (C=O) groups excluding carboxylic acids is 1. The molecule has 0 aliphatic carbocycles. The van der Waals surface area contributed by atoms with Gasteiger partial charge in [-0.2, -0.15) is 13.2 Å². The van der Waals surface area contributed by atoms with Gasteiger partial charge in [0.05, 0.1) is 11.3 Å². The molecule has 8 heteroatoms. The Bertz CT molecular complexity index is 950. The predicted octanol–water partition coefficient (Wildman–Crippen LogP) is 4.93. The Balaban J connectivity index is 1.99. The van der Waals surface area contributed by atoms with Crippen LogP contribution in [0.25, 0.3) is 5.65 Å². The minimum absolute atomic E-state index is 0.0758. The van der Waals surface area contributed by atoms with Crippen LogP contribution in [-0.4, -0.2) is 15.3 Å². The molecule has 3 rings (SSSR count). The van der Waals surface area contributed by atoms with Crippen molar-refractivity contribution >= 4 is 33.2 Å². The normalized spacial score (nSPS) is 11.7. The Kier molecular flexibility index (Phi) is 4.55. The summed E-state index contributed by atoms with van der Waals surface area (Å²) < 4.78 is 40.8. The lowest BCUT2D eigenvalue weighted by Gasteiger charge is -2.10. The molecule has 2 aromatic heterocycles. The van der Waals surface area contributed by atoms with Gasteiger partial charge in [0.1, 0.15) is 11.3 Å². The standard InChI is InChI=1S/C17H13BrF3N3O/c1-2-13-15(24-9-11(18)6-7-14(24)23-13)16(25)22-12-5-3-4-10(8-12)17(19,20)21/h3-9H,2H2,1H3,(H,22,25). The number of anilines is 1. The first-order valence-corrected chi connectivity index (χ1v) is 8.24. The first-order valence-electron chi connectivity index (χ1n) is 7.44. The molecule has 0 fully saturated rings. The number of nitrogens with one attached hydrogen (secondary N) is 1. The lowest BCUT2D eigenvalue weighted by molar-refractivity contribution is -0.137. The Morgan fingerprint density at radius 1 is 1.28 bits per heavy atom. The van der Waals surface area contributed by atoms with E-state index in [-0.39, 0.29) is 5.69 Å². The summed E-state index contributed by atoms with van der Waals surface area (Å²) in [6.07, 6.45) is -2.25. The van der Waals surface area contributed by atoms with Crippen LogP contribution in [0.4, 0.5) is 18.9 Å². The van der Waals surface area contributed by atoms with Gasteiger partial charge in [-0.15, -0.1) is 0 Å². The molecule has 0 aliphatic rings. The van der Waals surface area contributed by atoms with E-state index in [0.717, 1.165) is 16.6 Å². The molecular formula is C17H13BrF3N3O. The molecule has 130 valence electrons. The maximum absolute atomic E-state index is 12.8. The number of imidazole rings is 1. The number of halogens is 4. The molecule has 0 radical (unpaired) electrons. The fourth-order valence-corrected chi connectivity index (χ4v) is 2.85. The van der Waals surface area contributed by atoms with Crippen molar-refractivity contribution in [2.24, 2.45) is 0 Å². The summed E-state index contributed by atoms with van der Waals surface area (Å²) in [5, 5.41) is 2.53. The molecule has 0 aliphatic heterocycles. The van der Waals surface area contributed by atoms with Crippen LogP contribution in [-0.2, 0) is 12.6 Å². The molecule has 0 saturated heterocycles. The van der Waals surface area contributed by atoms with E-state index >= 15 is 0 Å². The van der Waals surface area contributed by atoms with E-state index in [4.69, 9.17) is 0 Å². The molecule has 0 saturated carbocycles. The fourth-order valence-electron chi connectivity index (χ4n) is 2.52. The summed E-state index contributed by atoms with van der Waals surface area (Å²) in [5.41, 5.74) is 0.724. The van der Waals surface area contributed by atoms with Crippen LogP contribution in [0.3, 0.4) is 0 Å². The minimum Gasteiger partial charge on any atom is -0.321 e. The number of amides is 1. The molecule has 1 amide bonds. The number of aryl methyl sites for hydroxylation is 1. The molecule has 0 atom stereocenters. The highest BCUT2D eigenvalue weighted by molar-refractivity contribution is 9.10. The second-order valence-electron chi connectivity index (χ2n) is 5.37. The van der Waals surface area contributed by atoms with Crippen molar-refractivity contribution in [2.45, 2.75) is 19.5 Å². The molecule has 0 unspecified atom stereocenters. The minimum atomic E-state index is -4.47. The molecule has 4 nitrogen and oxygen atoms in total. The zero-order valence-corrected chi connectivity index (χ0v) is 14.6. The van der Waals surface area contributed by atoms with Crippen molar-refractivity contribution in [1.29, 1.82) is 0 Å². The summed E-state index contributed by atoms with van der Waals surface area (Å²) in [6, 6.07) is 8.09. The van der Waals surface area contributed by atoms with Crippen LogP contribution in [0, 0.1) is 0 Å². The zero-order valence-electron chi connectivity index (χ0n) is 13.1. The summed E-state index contributed by atoms with van der Waals surface area (Å²) in [7, 11) is 0. The van der Waals surface area contributed by atoms with E-state index in [0.29, 0.717) is 23.5 Å². The van der Waals surface area contributed by atoms with Crippen molar-refractivity contribution in [3.63, 3.8) is 0 Å². The molecule has 2 heterocycles. The Morgan fingerprint density at radius 2 is 2.04 bits per heavy atom. The van der Waals surface area contributed by atoms with E-state index in [2.05, 4.69) is 26.2 Å². The average molecular weight is 412 g/mol. The van der Waals surface area contributed by atoms with Gasteiger partial charge in [-0.05, 0) is 52.7 Å². The van der Waals surface area contributed by atoms with E-state index < -0.39 is 17.6 Å². The molecule has 0 spiro atoms. The number of hydrogen-bond donors (Lipinski definition) is 1. The average Bonchev–Trinajstić information content (AvgIpc) is 2.92. The van der Waals surface area contributed by atoms with Crippen LogP contribution in [0.1, 0.15) is 28.7 Å². The lowest BCUT2D eigenvalue weighted by Crippen LogP contribution is -2.17. The number of nitrogens with zero attached hydrogens (tertiary/aromatic N) is 2. The van der Waals surface area contributed by atoms with Gasteiger partial charge in [0.2, 0.25) is 0 Å². The van der Waals surface area contributed by atoms with Crippen molar-refractivity contribution < 1.29 is 18.0 Å². The summed E-state index contributed by atoms with van der Waals surface area (Å²) in [6.45, 7) is 1.86. The zero-order chi connectivity index (χ0) is 18.2. The molecule has 1 N–H and O–H groups in total. The number of pyridine rings is 1. The van der Waals surface area contributed by atoms with Crippen LogP contribution >= 0.6 is 15.9 Å². The Morgan fingerprint density at radius 3 is 2.72 bits per heavy atom. The van der Waals surface area contributed by atoms with Crippen molar-refractivity contribution in [1.82, 2.24) is 9.38 Å². The number of alkyl halides is 3. The molecule has 1 aromatic carbocycles. The maximum atomic E-state index is 12.8. The lowest BCUT2D eigenvalue weighted by atomic mass is 10.2. The van der Waals surface area contributed by atoms with Crippen molar-refractivity contribution in [3.05, 3.63) is 64.0 Å². The second-order valence-corrected chi connectivity index (χ2v) is 6.28. The number of fused-ring (bicyclic) bond motifs is 1. The largest absolute Gasteiger partial charge is 0.416 e. The number of hydrogen-bond acceptors (Lipinski definition) is 2. The Hall–Kier alpha value is -2.35. The smallest absolute Gasteiger partial charge is 0.321 e. The third kappa shape index (κ3) is 3.53. The van der Waals surface area contributed by atoms with E-state index in [1.807, 2.05) is 6.92 Å². The summed E-state index contributed by atoms with van der Waals surface area (Å²) in [5.74, 6) is -0.512. The second kappa shape index (κ2) is 6.51. The number of aromatic nitrogens is 2. The molecular weight excluding hydrogens is 399 g/mol. The van der Waals surface area contributed by atoms with Gasteiger partial charge >= 0.3 is 6.18 Å². The first kappa shape index (κ1) is 17.5. The SMILES string of the molecule is CCc1nc2ccc(Br)cn2c1C(=O)Nc1cccc(C(F)(F)F)c1. The third-order valence-corrected chi connectivity index (χ3v) is 4.12. The van der Waals surface area contributed by atoms with Gasteiger partial charge in [0.25, 0.3) is 5.91 Å². The van der Waals surface area contributed by atoms with Gasteiger partial charge in [-0.1, -0.05) is 13.0 Å². The van der Waals surface area contributed by atoms with E-state index in [9.17, 15) is 18.0 Å². The highest BCUT2D eigenvalue weighted by Crippen LogP contribution is 2.31. The van der Waals surface area contributed by atoms with Crippen LogP contribution < -0.4 is 5.32 Å². The number of rotatable bonds is 3. The van der Waals surface area contributed by atoms with Gasteiger partial charge < -0.3 is 5.32 Å². The topological polar surface area (TPSA) is 46.4 Å². The number of benzene rings is 1. The highest BCUT2D eigenvalue weighted by Gasteiger charge is 2.30. The maximum Gasteiger partial charge on any atom is 0.416 e. The molecule has 0 bridgehead atoms. The quantitative estimate of drug-likeness (QED) is 0.663. The van der Waals surface area contributed by atoms with Gasteiger partial charge in [-0.3, -0.25) is 9.20 Å². The number of carbonyl (C=O) groups is 1. The van der Waals surface area contributed by atoms with Crippen molar-refractivity contribution in [2.75, 3.05) is 5.32 Å². The van der Waals surface area contributed by atoms with Gasteiger partial charge in [0, 0.05) is 16.4 Å². The summed E-state index contributed by atoms with van der Waals surface area (Å²) in [4.78, 5) is 17.1. The van der Waals surface area contributed by atoms with Gasteiger partial charge in [-0.25, -0.2) is 4.98 Å².